The van der Waals surface area contributed by atoms with Crippen LogP contribution >= 0.6 is 0 Å². The summed E-state index contributed by atoms with van der Waals surface area (Å²) in [5.41, 5.74) is 7.89. The number of nitrogens with one attached hydrogen (secondary N) is 1. The Hall–Kier alpha value is -1.59. The zero-order chi connectivity index (χ0) is 13.4. The van der Waals surface area contributed by atoms with Crippen LogP contribution in [0.15, 0.2) is 18.2 Å². The van der Waals surface area contributed by atoms with E-state index < -0.39 is 0 Å². The average molecular weight is 252 g/mol. The first-order valence-electron chi connectivity index (χ1n) is 5.86. The van der Waals surface area contributed by atoms with Crippen LogP contribution in [-0.4, -0.2) is 39.4 Å². The smallest absolute Gasteiger partial charge is 0.251 e. The standard InChI is InChI=1S/C13H20N2O3/c1-10-9-11(3-4-12(10)14)13(16)15-5-6-18-8-7-17-2/h3-4,9H,5-8,14H2,1-2H3,(H,15,16). The molecule has 0 bridgehead atoms. The van der Waals surface area contributed by atoms with Gasteiger partial charge >= 0.3 is 0 Å². The minimum Gasteiger partial charge on any atom is -0.399 e. The third-order valence-corrected chi connectivity index (χ3v) is 2.50. The summed E-state index contributed by atoms with van der Waals surface area (Å²) in [6, 6.07) is 5.22. The second kappa shape index (κ2) is 7.68. The Labute approximate surface area is 107 Å². The molecule has 0 spiro atoms. The fourth-order valence-electron chi connectivity index (χ4n) is 1.40. The van der Waals surface area contributed by atoms with Crippen LogP contribution in [0.3, 0.4) is 0 Å². The lowest BCUT2D eigenvalue weighted by Gasteiger charge is -2.07. The Morgan fingerprint density at radius 2 is 2.11 bits per heavy atom. The maximum atomic E-state index is 11.8. The number of nitrogens with two attached hydrogens (primary N) is 1. The van der Waals surface area contributed by atoms with Crippen LogP contribution in [0.1, 0.15) is 15.9 Å². The summed E-state index contributed by atoms with van der Waals surface area (Å²) in [6.07, 6.45) is 0. The number of amides is 1. The SMILES string of the molecule is COCCOCCNC(=O)c1ccc(N)c(C)c1. The molecule has 1 aromatic carbocycles. The van der Waals surface area contributed by atoms with Crippen LogP contribution in [0.2, 0.25) is 0 Å². The summed E-state index contributed by atoms with van der Waals surface area (Å²) >= 11 is 0. The van der Waals surface area contributed by atoms with Crippen molar-refractivity contribution < 1.29 is 14.3 Å². The number of nitrogen functional groups attached to an aromatic ring is 1. The lowest BCUT2D eigenvalue weighted by Crippen LogP contribution is -2.27. The van der Waals surface area contributed by atoms with E-state index >= 15 is 0 Å². The number of benzene rings is 1. The van der Waals surface area contributed by atoms with E-state index in [1.165, 1.54) is 0 Å². The van der Waals surface area contributed by atoms with E-state index in [4.69, 9.17) is 15.2 Å². The first-order valence-corrected chi connectivity index (χ1v) is 5.86. The van der Waals surface area contributed by atoms with Crippen LogP contribution in [0.5, 0.6) is 0 Å². The molecular weight excluding hydrogens is 232 g/mol. The molecule has 0 heterocycles. The van der Waals surface area contributed by atoms with Gasteiger partial charge in [0.05, 0.1) is 19.8 Å². The number of methoxy groups -OCH3 is 1. The molecule has 1 aromatic rings. The lowest BCUT2D eigenvalue weighted by atomic mass is 10.1. The third-order valence-electron chi connectivity index (χ3n) is 2.50. The number of hydrogen-bond acceptors (Lipinski definition) is 4. The topological polar surface area (TPSA) is 73.6 Å². The van der Waals surface area contributed by atoms with Gasteiger partial charge < -0.3 is 20.5 Å². The number of ether oxygens (including phenoxy) is 2. The molecule has 0 unspecified atom stereocenters. The Morgan fingerprint density at radius 1 is 1.33 bits per heavy atom. The molecule has 0 saturated heterocycles. The van der Waals surface area contributed by atoms with E-state index in [2.05, 4.69) is 5.32 Å². The molecule has 0 aromatic heterocycles. The first kappa shape index (κ1) is 14.5. The van der Waals surface area contributed by atoms with Crippen molar-refractivity contribution in [3.05, 3.63) is 29.3 Å². The lowest BCUT2D eigenvalue weighted by molar-refractivity contribution is 0.0692. The summed E-state index contributed by atoms with van der Waals surface area (Å²) < 4.78 is 10.1. The highest BCUT2D eigenvalue weighted by Crippen LogP contribution is 2.12. The van der Waals surface area contributed by atoms with Crippen LogP contribution in [0.4, 0.5) is 5.69 Å². The van der Waals surface area contributed by atoms with Gasteiger partial charge in [0, 0.05) is 24.9 Å². The molecule has 100 valence electrons. The molecule has 1 rings (SSSR count). The van der Waals surface area contributed by atoms with Crippen molar-refractivity contribution >= 4 is 11.6 Å². The van der Waals surface area contributed by atoms with E-state index in [0.29, 0.717) is 37.6 Å². The number of anilines is 1. The summed E-state index contributed by atoms with van der Waals surface area (Å²) in [5, 5.41) is 2.78. The van der Waals surface area contributed by atoms with Crippen molar-refractivity contribution in [1.29, 1.82) is 0 Å². The summed E-state index contributed by atoms with van der Waals surface area (Å²) in [5.74, 6) is -0.117. The van der Waals surface area contributed by atoms with E-state index in [-0.39, 0.29) is 5.91 Å². The van der Waals surface area contributed by atoms with Gasteiger partial charge in [0.2, 0.25) is 0 Å². The molecule has 5 heteroatoms. The summed E-state index contributed by atoms with van der Waals surface area (Å²) in [6.45, 7) is 3.92. The number of aryl methyl sites for hydroxylation is 1. The molecule has 0 fully saturated rings. The minimum absolute atomic E-state index is 0.117. The molecule has 0 atom stereocenters. The maximum Gasteiger partial charge on any atom is 0.251 e. The molecule has 0 aliphatic carbocycles. The summed E-state index contributed by atoms with van der Waals surface area (Å²) in [4.78, 5) is 11.8. The molecule has 1 amide bonds. The van der Waals surface area contributed by atoms with Crippen molar-refractivity contribution in [2.45, 2.75) is 6.92 Å². The van der Waals surface area contributed by atoms with E-state index in [1.807, 2.05) is 6.92 Å². The van der Waals surface area contributed by atoms with Crippen molar-refractivity contribution in [1.82, 2.24) is 5.32 Å². The fourth-order valence-corrected chi connectivity index (χ4v) is 1.40. The van der Waals surface area contributed by atoms with E-state index in [9.17, 15) is 4.79 Å². The Morgan fingerprint density at radius 3 is 2.78 bits per heavy atom. The van der Waals surface area contributed by atoms with Crippen LogP contribution in [0, 0.1) is 6.92 Å². The van der Waals surface area contributed by atoms with Gasteiger partial charge in [0.1, 0.15) is 0 Å². The highest BCUT2D eigenvalue weighted by Gasteiger charge is 2.05. The van der Waals surface area contributed by atoms with Gasteiger partial charge in [-0.2, -0.15) is 0 Å². The second-order valence-electron chi connectivity index (χ2n) is 3.93. The van der Waals surface area contributed by atoms with Crippen molar-refractivity contribution in [3.63, 3.8) is 0 Å². The fraction of sp³-hybridized carbons (Fsp3) is 0.462. The van der Waals surface area contributed by atoms with Gasteiger partial charge in [-0.15, -0.1) is 0 Å². The molecule has 0 radical (unpaired) electrons. The first-order chi connectivity index (χ1) is 8.65. The van der Waals surface area contributed by atoms with Crippen molar-refractivity contribution in [3.8, 4) is 0 Å². The van der Waals surface area contributed by atoms with Crippen LogP contribution in [-0.2, 0) is 9.47 Å². The van der Waals surface area contributed by atoms with Crippen LogP contribution < -0.4 is 11.1 Å². The minimum atomic E-state index is -0.117. The zero-order valence-corrected chi connectivity index (χ0v) is 10.9. The van der Waals surface area contributed by atoms with Gasteiger partial charge in [0.15, 0.2) is 0 Å². The average Bonchev–Trinajstić information content (AvgIpc) is 2.36. The van der Waals surface area contributed by atoms with E-state index in [1.54, 1.807) is 25.3 Å². The van der Waals surface area contributed by atoms with Gasteiger partial charge in [-0.3, -0.25) is 4.79 Å². The molecule has 0 aliphatic rings. The van der Waals surface area contributed by atoms with Crippen molar-refractivity contribution in [2.75, 3.05) is 39.2 Å². The van der Waals surface area contributed by atoms with Gasteiger partial charge in [-0.05, 0) is 30.7 Å². The summed E-state index contributed by atoms with van der Waals surface area (Å²) in [7, 11) is 1.62. The molecule has 5 nitrogen and oxygen atoms in total. The zero-order valence-electron chi connectivity index (χ0n) is 10.9. The predicted molar refractivity (Wildman–Crippen MR) is 70.6 cm³/mol. The van der Waals surface area contributed by atoms with Gasteiger partial charge in [0.25, 0.3) is 5.91 Å². The Kier molecular flexibility index (Phi) is 6.18. The van der Waals surface area contributed by atoms with Crippen molar-refractivity contribution in [2.24, 2.45) is 0 Å². The second-order valence-corrected chi connectivity index (χ2v) is 3.93. The molecule has 18 heavy (non-hydrogen) atoms. The molecular formula is C13H20N2O3. The van der Waals surface area contributed by atoms with Crippen LogP contribution in [0.25, 0.3) is 0 Å². The number of carbonyl (C=O) groups excluding carboxylic acids is 1. The highest BCUT2D eigenvalue weighted by atomic mass is 16.5. The number of hydrogen-bond donors (Lipinski definition) is 2. The van der Waals surface area contributed by atoms with Gasteiger partial charge in [-0.25, -0.2) is 0 Å². The predicted octanol–water partition coefficient (Wildman–Crippen LogP) is 0.970. The number of rotatable bonds is 7. The normalized spacial score (nSPS) is 10.3. The third kappa shape index (κ3) is 4.73. The molecule has 0 aliphatic heterocycles. The Balaban J connectivity index is 2.30. The monoisotopic (exact) mass is 252 g/mol. The number of carbonyl (C=O) groups is 1. The van der Waals surface area contributed by atoms with E-state index in [0.717, 1.165) is 5.56 Å². The quantitative estimate of drug-likeness (QED) is 0.560. The Bertz CT molecular complexity index is 394. The molecule has 3 N–H and O–H groups in total. The highest BCUT2D eigenvalue weighted by molar-refractivity contribution is 5.94. The maximum absolute atomic E-state index is 11.8. The van der Waals surface area contributed by atoms with Gasteiger partial charge in [-0.1, -0.05) is 0 Å². The molecule has 0 saturated carbocycles. The largest absolute Gasteiger partial charge is 0.399 e.